The van der Waals surface area contributed by atoms with Crippen LogP contribution in [0.15, 0.2) is 17.2 Å². The van der Waals surface area contributed by atoms with Crippen molar-refractivity contribution < 1.29 is 8.42 Å². The molecule has 0 bridgehead atoms. The summed E-state index contributed by atoms with van der Waals surface area (Å²) in [5, 5.41) is 3.24. The standard InChI is InChI=1S/C14H25N3O2S/c1-3-6-15-9-13-8-14(10-16-13)20(18,19)17-11(2)7-12-4-5-12/h8,10-12,15-17H,3-7,9H2,1-2H3. The highest BCUT2D eigenvalue weighted by Gasteiger charge is 2.26. The summed E-state index contributed by atoms with van der Waals surface area (Å²) in [6, 6.07) is 1.71. The van der Waals surface area contributed by atoms with Gasteiger partial charge in [-0.05, 0) is 38.3 Å². The molecule has 0 amide bonds. The molecule has 114 valence electrons. The average Bonchev–Trinajstić information content (AvgIpc) is 3.04. The van der Waals surface area contributed by atoms with Gasteiger partial charge in [-0.1, -0.05) is 19.8 Å². The van der Waals surface area contributed by atoms with E-state index in [1.165, 1.54) is 12.8 Å². The maximum Gasteiger partial charge on any atom is 0.242 e. The minimum atomic E-state index is -3.40. The molecule has 0 aromatic carbocycles. The third-order valence-corrected chi connectivity index (χ3v) is 5.08. The fourth-order valence-corrected chi connectivity index (χ4v) is 3.58. The van der Waals surface area contributed by atoms with Crippen LogP contribution in [0.25, 0.3) is 0 Å². The monoisotopic (exact) mass is 299 g/mol. The maximum atomic E-state index is 12.2. The van der Waals surface area contributed by atoms with Gasteiger partial charge in [-0.15, -0.1) is 0 Å². The predicted octanol–water partition coefficient (Wildman–Crippen LogP) is 1.98. The Hall–Kier alpha value is -0.850. The molecule has 1 fully saturated rings. The number of aromatic amines is 1. The van der Waals surface area contributed by atoms with E-state index in [1.807, 2.05) is 6.92 Å². The molecule has 6 heteroatoms. The summed E-state index contributed by atoms with van der Waals surface area (Å²) in [5.41, 5.74) is 0.897. The smallest absolute Gasteiger partial charge is 0.242 e. The minimum absolute atomic E-state index is 0.00377. The van der Waals surface area contributed by atoms with Crippen LogP contribution in [0, 0.1) is 5.92 Å². The molecule has 1 aliphatic carbocycles. The van der Waals surface area contributed by atoms with Gasteiger partial charge in [0.25, 0.3) is 0 Å². The summed E-state index contributed by atoms with van der Waals surface area (Å²) >= 11 is 0. The van der Waals surface area contributed by atoms with Gasteiger partial charge in [0.1, 0.15) is 0 Å². The van der Waals surface area contributed by atoms with Crippen molar-refractivity contribution in [2.75, 3.05) is 6.54 Å². The van der Waals surface area contributed by atoms with Crippen molar-refractivity contribution in [1.29, 1.82) is 0 Å². The van der Waals surface area contributed by atoms with E-state index in [4.69, 9.17) is 0 Å². The zero-order valence-corrected chi connectivity index (χ0v) is 13.1. The van der Waals surface area contributed by atoms with Crippen molar-refractivity contribution in [2.24, 2.45) is 5.92 Å². The van der Waals surface area contributed by atoms with Crippen molar-refractivity contribution in [1.82, 2.24) is 15.0 Å². The summed E-state index contributed by atoms with van der Waals surface area (Å²) in [7, 11) is -3.40. The van der Waals surface area contributed by atoms with E-state index in [0.29, 0.717) is 17.4 Å². The molecule has 1 atom stereocenters. The van der Waals surface area contributed by atoms with Crippen LogP contribution in [0.4, 0.5) is 0 Å². The van der Waals surface area contributed by atoms with Gasteiger partial charge in [0, 0.05) is 24.5 Å². The van der Waals surface area contributed by atoms with Gasteiger partial charge in [0.05, 0.1) is 4.90 Å². The maximum absolute atomic E-state index is 12.2. The Bertz CT molecular complexity index is 520. The summed E-state index contributed by atoms with van der Waals surface area (Å²) in [6.45, 7) is 5.63. The molecule has 1 aliphatic rings. The number of nitrogens with one attached hydrogen (secondary N) is 3. The van der Waals surface area contributed by atoms with Crippen molar-refractivity contribution in [3.8, 4) is 0 Å². The first-order valence-corrected chi connectivity index (χ1v) is 8.90. The number of sulfonamides is 1. The molecule has 1 saturated carbocycles. The second-order valence-electron chi connectivity index (χ2n) is 5.74. The molecule has 0 saturated heterocycles. The Kier molecular flexibility index (Phi) is 5.23. The normalized spacial score (nSPS) is 17.3. The van der Waals surface area contributed by atoms with Crippen molar-refractivity contribution >= 4 is 10.0 Å². The van der Waals surface area contributed by atoms with E-state index in [9.17, 15) is 8.42 Å². The summed E-state index contributed by atoms with van der Waals surface area (Å²) in [6.07, 6.45) is 6.04. The lowest BCUT2D eigenvalue weighted by molar-refractivity contribution is 0.530. The van der Waals surface area contributed by atoms with Crippen LogP contribution in [-0.2, 0) is 16.6 Å². The Morgan fingerprint density at radius 2 is 2.20 bits per heavy atom. The molecule has 1 aromatic heterocycles. The van der Waals surface area contributed by atoms with Gasteiger partial charge in [0.2, 0.25) is 10.0 Å². The van der Waals surface area contributed by atoms with Crippen LogP contribution < -0.4 is 10.0 Å². The first-order valence-electron chi connectivity index (χ1n) is 7.41. The minimum Gasteiger partial charge on any atom is -0.363 e. The lowest BCUT2D eigenvalue weighted by atomic mass is 10.2. The molecule has 1 unspecified atom stereocenters. The Balaban J connectivity index is 1.90. The average molecular weight is 299 g/mol. The van der Waals surface area contributed by atoms with Gasteiger partial charge in [-0.25, -0.2) is 13.1 Å². The van der Waals surface area contributed by atoms with Gasteiger partial charge < -0.3 is 10.3 Å². The molecule has 0 spiro atoms. The van der Waals surface area contributed by atoms with Crippen LogP contribution in [0.2, 0.25) is 0 Å². The molecular formula is C14H25N3O2S. The first-order chi connectivity index (χ1) is 9.51. The largest absolute Gasteiger partial charge is 0.363 e. The Labute approximate surface area is 121 Å². The van der Waals surface area contributed by atoms with Crippen LogP contribution in [0.3, 0.4) is 0 Å². The van der Waals surface area contributed by atoms with Crippen LogP contribution in [-0.4, -0.2) is 26.0 Å². The van der Waals surface area contributed by atoms with E-state index in [2.05, 4.69) is 21.9 Å². The molecule has 3 N–H and O–H groups in total. The zero-order chi connectivity index (χ0) is 14.6. The fourth-order valence-electron chi connectivity index (χ4n) is 2.31. The van der Waals surface area contributed by atoms with Crippen molar-refractivity contribution in [3.63, 3.8) is 0 Å². The molecule has 0 aliphatic heterocycles. The van der Waals surface area contributed by atoms with Crippen LogP contribution >= 0.6 is 0 Å². The second kappa shape index (κ2) is 6.74. The SMILES string of the molecule is CCCNCc1cc(S(=O)(=O)NC(C)CC2CC2)c[nH]1. The quantitative estimate of drug-likeness (QED) is 0.610. The Morgan fingerprint density at radius 3 is 2.85 bits per heavy atom. The van der Waals surface area contributed by atoms with E-state index in [-0.39, 0.29) is 6.04 Å². The molecule has 20 heavy (non-hydrogen) atoms. The van der Waals surface area contributed by atoms with E-state index >= 15 is 0 Å². The molecule has 1 heterocycles. The number of rotatable bonds is 9. The van der Waals surface area contributed by atoms with Crippen LogP contribution in [0.1, 0.15) is 45.2 Å². The number of H-pyrrole nitrogens is 1. The predicted molar refractivity (Wildman–Crippen MR) is 79.9 cm³/mol. The van der Waals surface area contributed by atoms with Crippen molar-refractivity contribution in [2.45, 2.75) is 57.0 Å². The summed E-state index contributed by atoms with van der Waals surface area (Å²) in [4.78, 5) is 3.34. The van der Waals surface area contributed by atoms with Gasteiger partial charge in [-0.3, -0.25) is 0 Å². The lowest BCUT2D eigenvalue weighted by Gasteiger charge is -2.12. The van der Waals surface area contributed by atoms with E-state index in [1.54, 1.807) is 12.3 Å². The Morgan fingerprint density at radius 1 is 1.45 bits per heavy atom. The highest BCUT2D eigenvalue weighted by molar-refractivity contribution is 7.89. The molecule has 5 nitrogen and oxygen atoms in total. The topological polar surface area (TPSA) is 74.0 Å². The van der Waals surface area contributed by atoms with Crippen LogP contribution in [0.5, 0.6) is 0 Å². The lowest BCUT2D eigenvalue weighted by Crippen LogP contribution is -2.32. The van der Waals surface area contributed by atoms with Crippen molar-refractivity contribution in [3.05, 3.63) is 18.0 Å². The van der Waals surface area contributed by atoms with E-state index in [0.717, 1.165) is 25.1 Å². The zero-order valence-electron chi connectivity index (χ0n) is 12.3. The number of hydrogen-bond acceptors (Lipinski definition) is 3. The number of aromatic nitrogens is 1. The van der Waals surface area contributed by atoms with Gasteiger partial charge in [-0.2, -0.15) is 0 Å². The molecular weight excluding hydrogens is 274 g/mol. The summed E-state index contributed by atoms with van der Waals surface area (Å²) in [5.74, 6) is 0.715. The van der Waals surface area contributed by atoms with Gasteiger partial charge in [0.15, 0.2) is 0 Å². The third-order valence-electron chi connectivity index (χ3n) is 3.51. The highest BCUT2D eigenvalue weighted by Crippen LogP contribution is 2.33. The van der Waals surface area contributed by atoms with Gasteiger partial charge >= 0.3 is 0 Å². The first kappa shape index (κ1) is 15.5. The second-order valence-corrected chi connectivity index (χ2v) is 7.45. The number of hydrogen-bond donors (Lipinski definition) is 3. The molecule has 2 rings (SSSR count). The third kappa shape index (κ3) is 4.61. The fraction of sp³-hybridized carbons (Fsp3) is 0.714. The molecule has 0 radical (unpaired) electrons. The highest BCUT2D eigenvalue weighted by atomic mass is 32.2. The summed E-state index contributed by atoms with van der Waals surface area (Å²) < 4.78 is 27.2. The molecule has 1 aromatic rings. The van der Waals surface area contributed by atoms with E-state index < -0.39 is 10.0 Å².